The lowest BCUT2D eigenvalue weighted by atomic mass is 10.2. The van der Waals surface area contributed by atoms with Crippen LogP contribution in [0.15, 0.2) is 0 Å². The first-order chi connectivity index (χ1) is 7.47. The van der Waals surface area contributed by atoms with Crippen LogP contribution in [0.3, 0.4) is 0 Å². The number of nitrogens with zero attached hydrogens (tertiary/aromatic N) is 1. The van der Waals surface area contributed by atoms with Gasteiger partial charge in [0, 0.05) is 12.8 Å². The van der Waals surface area contributed by atoms with E-state index in [-0.39, 0.29) is 18.0 Å². The van der Waals surface area contributed by atoms with Crippen LogP contribution in [0.2, 0.25) is 0 Å². The molecule has 2 heterocycles. The third kappa shape index (κ3) is 10.3. The fourth-order valence-electron chi connectivity index (χ4n) is 2.01. The molecule has 0 saturated heterocycles. The van der Waals surface area contributed by atoms with Gasteiger partial charge in [-0.3, -0.25) is 9.89 Å². The Morgan fingerprint density at radius 3 is 2.18 bits per heavy atom. The summed E-state index contributed by atoms with van der Waals surface area (Å²) in [6.45, 7) is 3.79. The molecule has 17 heavy (non-hydrogen) atoms. The minimum absolute atomic E-state index is 0. The highest BCUT2D eigenvalue weighted by Gasteiger charge is 2.19. The van der Waals surface area contributed by atoms with E-state index in [1.807, 2.05) is 0 Å². The predicted molar refractivity (Wildman–Crippen MR) is 84.5 cm³/mol. The first kappa shape index (κ1) is 18.9. The van der Waals surface area contributed by atoms with Crippen LogP contribution in [0.4, 0.5) is 0 Å². The topological polar surface area (TPSA) is 15.0 Å². The number of halogens is 5. The molecule has 102 valence electrons. The van der Waals surface area contributed by atoms with Gasteiger partial charge in [-0.25, -0.2) is 0 Å². The fraction of sp³-hybridized carbons (Fsp3) is 0.900. The van der Waals surface area contributed by atoms with E-state index in [2.05, 4.69) is 73.6 Å². The van der Waals surface area contributed by atoms with Crippen LogP contribution in [0, 0.1) is 0 Å². The van der Waals surface area contributed by atoms with Gasteiger partial charge < -0.3 is 17.0 Å². The molecule has 0 aromatic rings. The minimum atomic E-state index is -0.250. The molecular weight excluding hydrogens is 548 g/mol. The zero-order valence-corrected chi connectivity index (χ0v) is 17.4. The maximum absolute atomic E-state index is 3.50. The Balaban J connectivity index is 0.000000373. The van der Waals surface area contributed by atoms with Crippen molar-refractivity contribution in [2.24, 2.45) is 0 Å². The summed E-state index contributed by atoms with van der Waals surface area (Å²) >= 11 is 12.5. The van der Waals surface area contributed by atoms with E-state index in [1.54, 1.807) is 0 Å². The summed E-state index contributed by atoms with van der Waals surface area (Å²) in [6.07, 6.45) is 6.81. The van der Waals surface area contributed by atoms with Crippen LogP contribution in [-0.2, 0) is 0 Å². The van der Waals surface area contributed by atoms with Gasteiger partial charge in [-0.05, 0) is 83.0 Å². The van der Waals surface area contributed by atoms with E-state index in [4.69, 9.17) is 0 Å². The molecule has 0 aliphatic carbocycles. The van der Waals surface area contributed by atoms with Gasteiger partial charge in [0.2, 0.25) is 5.84 Å². The molecule has 0 atom stereocenters. The van der Waals surface area contributed by atoms with Crippen molar-refractivity contribution in [2.45, 2.75) is 33.2 Å². The van der Waals surface area contributed by atoms with E-state index in [1.165, 1.54) is 57.6 Å². The van der Waals surface area contributed by atoms with Crippen molar-refractivity contribution in [2.75, 3.05) is 19.6 Å². The van der Waals surface area contributed by atoms with Crippen molar-refractivity contribution in [3.05, 3.63) is 0 Å². The molecule has 0 fully saturated rings. The second-order valence-electron chi connectivity index (χ2n) is 3.95. The molecule has 0 unspecified atom stereocenters. The summed E-state index contributed by atoms with van der Waals surface area (Å²) < 4.78 is 2.29. The highest BCUT2D eigenvalue weighted by Crippen LogP contribution is 2.39. The summed E-state index contributed by atoms with van der Waals surface area (Å²) in [7, 11) is 0. The van der Waals surface area contributed by atoms with Crippen molar-refractivity contribution in [1.29, 1.82) is 0 Å². The molecule has 0 radical (unpaired) electrons. The molecule has 0 saturated carbocycles. The minimum Gasteiger partial charge on any atom is -1.00 e. The Kier molecular flexibility index (Phi) is 10.8. The van der Waals surface area contributed by atoms with Crippen LogP contribution in [0.5, 0.6) is 0 Å². The molecule has 0 amide bonds. The Morgan fingerprint density at radius 1 is 0.941 bits per heavy atom. The van der Waals surface area contributed by atoms with Crippen LogP contribution >= 0.6 is 63.7 Å². The van der Waals surface area contributed by atoms with Gasteiger partial charge in [0.15, 0.2) is 1.05 Å². The van der Waals surface area contributed by atoms with Gasteiger partial charge in [-0.15, -0.1) is 0 Å². The SMILES string of the molecule is BrC(Br)(Br)Br.C1CCC2=[N+](CC1)CCCN2.[Br-]. The third-order valence-electron chi connectivity index (χ3n) is 2.66. The number of hydrogen-bond donors (Lipinski definition) is 1. The molecule has 2 rings (SSSR count). The molecule has 2 aliphatic rings. The molecular formula is C10H17Br5N2. The van der Waals surface area contributed by atoms with Gasteiger partial charge >= 0.3 is 0 Å². The fourth-order valence-corrected chi connectivity index (χ4v) is 2.01. The smallest absolute Gasteiger partial charge is 0.244 e. The Bertz CT molecular complexity index is 226. The van der Waals surface area contributed by atoms with E-state index in [0.29, 0.717) is 0 Å². The number of alkyl halides is 4. The number of hydrogen-bond acceptors (Lipinski definition) is 1. The highest BCUT2D eigenvalue weighted by atomic mass is 80.0. The number of rotatable bonds is 0. The zero-order valence-electron chi connectivity index (χ0n) is 9.49. The first-order valence-electron chi connectivity index (χ1n) is 5.57. The second kappa shape index (κ2) is 9.72. The van der Waals surface area contributed by atoms with E-state index in [0.717, 1.165) is 0 Å². The predicted octanol–water partition coefficient (Wildman–Crippen LogP) is 1.15. The average Bonchev–Trinajstić information content (AvgIpc) is 2.39. The summed E-state index contributed by atoms with van der Waals surface area (Å²) in [4.78, 5) is 0. The van der Waals surface area contributed by atoms with Gasteiger partial charge in [0.25, 0.3) is 0 Å². The lowest BCUT2D eigenvalue weighted by molar-refractivity contribution is -0.534. The van der Waals surface area contributed by atoms with E-state index in [9.17, 15) is 0 Å². The van der Waals surface area contributed by atoms with Crippen LogP contribution < -0.4 is 22.3 Å². The van der Waals surface area contributed by atoms with Crippen LogP contribution in [0.1, 0.15) is 32.1 Å². The lowest BCUT2D eigenvalue weighted by Gasteiger charge is -2.14. The maximum atomic E-state index is 3.50. The monoisotopic (exact) mass is 560 g/mol. The first-order valence-corrected chi connectivity index (χ1v) is 8.74. The molecule has 0 aromatic carbocycles. The second-order valence-corrected chi connectivity index (χ2v) is 15.1. The Labute approximate surface area is 148 Å². The molecule has 0 bridgehead atoms. The van der Waals surface area contributed by atoms with Crippen molar-refractivity contribution < 1.29 is 21.6 Å². The third-order valence-corrected chi connectivity index (χ3v) is 2.66. The van der Waals surface area contributed by atoms with Gasteiger partial charge in [0.05, 0.1) is 19.6 Å². The molecule has 2 nitrogen and oxygen atoms in total. The summed E-state index contributed by atoms with van der Waals surface area (Å²) in [5, 5.41) is 3.50. The van der Waals surface area contributed by atoms with E-state index >= 15 is 0 Å². The van der Waals surface area contributed by atoms with Gasteiger partial charge in [-0.1, -0.05) is 0 Å². The van der Waals surface area contributed by atoms with Gasteiger partial charge in [-0.2, -0.15) is 0 Å². The molecule has 2 aliphatic heterocycles. The quantitative estimate of drug-likeness (QED) is 0.345. The summed E-state index contributed by atoms with van der Waals surface area (Å²) in [5.41, 5.74) is 0. The van der Waals surface area contributed by atoms with Crippen molar-refractivity contribution in [3.63, 3.8) is 0 Å². The highest BCUT2D eigenvalue weighted by molar-refractivity contribution is 9.52. The lowest BCUT2D eigenvalue weighted by Crippen LogP contribution is -3.00. The molecule has 0 spiro atoms. The summed E-state index contributed by atoms with van der Waals surface area (Å²) in [6, 6.07) is 0. The van der Waals surface area contributed by atoms with Crippen molar-refractivity contribution in [1.82, 2.24) is 5.32 Å². The largest absolute Gasteiger partial charge is 1.00 e. The van der Waals surface area contributed by atoms with Gasteiger partial charge in [0.1, 0.15) is 0 Å². The standard InChI is InChI=1S/C9H16N2.CBr4.BrH/c1-2-5-9-10-6-4-8-11(9)7-3-1;2-1(3,4)5;/h1-8H2;;1H. The van der Waals surface area contributed by atoms with Crippen LogP contribution in [-0.4, -0.2) is 31.1 Å². The molecule has 7 heteroatoms. The van der Waals surface area contributed by atoms with Crippen molar-refractivity contribution in [3.8, 4) is 0 Å². The average molecular weight is 565 g/mol. The summed E-state index contributed by atoms with van der Waals surface area (Å²) in [5.74, 6) is 1.52. The van der Waals surface area contributed by atoms with E-state index < -0.39 is 0 Å². The molecule has 0 aromatic heterocycles. The number of nitrogens with one attached hydrogen (secondary N) is 1. The Hall–Kier alpha value is 1.87. The molecule has 1 N–H and O–H groups in total. The Morgan fingerprint density at radius 2 is 1.53 bits per heavy atom. The maximum Gasteiger partial charge on any atom is 0.244 e. The van der Waals surface area contributed by atoms with Crippen LogP contribution in [0.25, 0.3) is 0 Å². The normalized spacial score (nSPS) is 20.0. The number of amidine groups is 1. The zero-order chi connectivity index (χ0) is 12.0. The van der Waals surface area contributed by atoms with Crippen molar-refractivity contribution >= 4 is 69.6 Å².